The number of fused-ring (bicyclic) bond motifs is 1. The van der Waals surface area contributed by atoms with Gasteiger partial charge in [-0.3, -0.25) is 0 Å². The van der Waals surface area contributed by atoms with Gasteiger partial charge in [-0.1, -0.05) is 29.3 Å². The smallest absolute Gasteiger partial charge is 0.183 e. The van der Waals surface area contributed by atoms with Crippen LogP contribution in [0.25, 0.3) is 0 Å². The number of hydrogen-bond donors (Lipinski definition) is 1. The molecule has 0 aliphatic carbocycles. The summed E-state index contributed by atoms with van der Waals surface area (Å²) in [6.45, 7) is 1.97. The van der Waals surface area contributed by atoms with Crippen LogP contribution in [-0.4, -0.2) is 13.7 Å². The fourth-order valence-electron chi connectivity index (χ4n) is 2.21. The third kappa shape index (κ3) is 1.71. The number of sulfone groups is 1. The summed E-state index contributed by atoms with van der Waals surface area (Å²) in [5.41, 5.74) is 6.76. The van der Waals surface area contributed by atoms with Gasteiger partial charge in [-0.25, -0.2) is 8.42 Å². The highest BCUT2D eigenvalue weighted by atomic mass is 79.9. The number of rotatable bonds is 2. The first-order valence-electron chi connectivity index (χ1n) is 5.27. The maximum absolute atomic E-state index is 12.2. The van der Waals surface area contributed by atoms with E-state index in [0.717, 1.165) is 16.5 Å². The molecule has 0 spiro atoms. The molecule has 0 radical (unpaired) electrons. The summed E-state index contributed by atoms with van der Waals surface area (Å²) in [5, 5.41) is -0.457. The fraction of sp³-hybridized carbons (Fsp3) is 0.455. The van der Waals surface area contributed by atoms with Gasteiger partial charge in [-0.05, 0) is 30.2 Å². The molecule has 0 aromatic heterocycles. The highest BCUT2D eigenvalue weighted by Crippen LogP contribution is 2.40. The van der Waals surface area contributed by atoms with Crippen molar-refractivity contribution in [1.29, 1.82) is 0 Å². The Labute approximate surface area is 104 Å². The van der Waals surface area contributed by atoms with Crippen molar-refractivity contribution in [2.24, 2.45) is 5.73 Å². The molecule has 1 heterocycles. The Balaban J connectivity index is 2.57. The van der Waals surface area contributed by atoms with E-state index in [-0.39, 0.29) is 0 Å². The van der Waals surface area contributed by atoms with E-state index < -0.39 is 21.1 Å². The van der Waals surface area contributed by atoms with Crippen molar-refractivity contribution in [3.8, 4) is 0 Å². The van der Waals surface area contributed by atoms with Crippen LogP contribution in [0.2, 0.25) is 0 Å². The molecule has 1 aliphatic rings. The van der Waals surface area contributed by atoms with Gasteiger partial charge in [0.25, 0.3) is 0 Å². The van der Waals surface area contributed by atoms with Gasteiger partial charge in [0.2, 0.25) is 0 Å². The number of nitrogens with two attached hydrogens (primary N) is 1. The molecule has 2 N–H and O–H groups in total. The second-order valence-electron chi connectivity index (χ2n) is 4.08. The minimum Gasteiger partial charge on any atom is -0.323 e. The highest BCUT2D eigenvalue weighted by Gasteiger charge is 2.42. The van der Waals surface area contributed by atoms with E-state index in [0.29, 0.717) is 11.3 Å². The molecule has 1 aromatic carbocycles. The van der Waals surface area contributed by atoms with Crippen LogP contribution in [0.3, 0.4) is 0 Å². The molecule has 2 unspecified atom stereocenters. The average Bonchev–Trinajstić information content (AvgIpc) is 2.40. The van der Waals surface area contributed by atoms with Crippen molar-refractivity contribution in [3.05, 3.63) is 28.2 Å². The predicted molar refractivity (Wildman–Crippen MR) is 67.0 cm³/mol. The zero-order valence-corrected chi connectivity index (χ0v) is 11.4. The first kappa shape index (κ1) is 12.1. The monoisotopic (exact) mass is 303 g/mol. The summed E-state index contributed by atoms with van der Waals surface area (Å²) in [6.07, 6.45) is 1.45. The maximum Gasteiger partial charge on any atom is 0.183 e. The topological polar surface area (TPSA) is 60.2 Å². The van der Waals surface area contributed by atoms with Crippen LogP contribution < -0.4 is 5.73 Å². The molecule has 0 fully saturated rings. The summed E-state index contributed by atoms with van der Waals surface area (Å²) in [4.78, 5) is 0.404. The Bertz CT molecular complexity index is 513. The molecule has 3 nitrogen and oxygen atoms in total. The van der Waals surface area contributed by atoms with Gasteiger partial charge in [0.15, 0.2) is 9.84 Å². The van der Waals surface area contributed by atoms with Crippen molar-refractivity contribution in [2.45, 2.75) is 36.0 Å². The lowest BCUT2D eigenvalue weighted by molar-refractivity contribution is 0.555. The number of halogens is 1. The molecule has 0 saturated carbocycles. The summed E-state index contributed by atoms with van der Waals surface area (Å²) in [7, 11) is -3.22. The highest BCUT2D eigenvalue weighted by molar-refractivity contribution is 9.10. The summed E-state index contributed by atoms with van der Waals surface area (Å²) in [6, 6.07) is 4.81. The molecule has 88 valence electrons. The SMILES string of the molecule is CCCC1C(N)c2cc(Br)ccc2S1(=O)=O. The van der Waals surface area contributed by atoms with E-state index in [1.807, 2.05) is 13.0 Å². The third-order valence-corrected chi connectivity index (χ3v) is 5.81. The van der Waals surface area contributed by atoms with E-state index in [4.69, 9.17) is 5.73 Å². The van der Waals surface area contributed by atoms with Crippen LogP contribution in [0.4, 0.5) is 0 Å². The first-order chi connectivity index (χ1) is 7.48. The van der Waals surface area contributed by atoms with Crippen molar-refractivity contribution < 1.29 is 8.42 Å². The van der Waals surface area contributed by atoms with E-state index >= 15 is 0 Å². The Kier molecular flexibility index (Phi) is 3.11. The van der Waals surface area contributed by atoms with Crippen LogP contribution in [0.15, 0.2) is 27.6 Å². The minimum atomic E-state index is -3.22. The molecule has 0 amide bonds. The Morgan fingerprint density at radius 3 is 2.75 bits per heavy atom. The van der Waals surface area contributed by atoms with Gasteiger partial charge in [0.1, 0.15) is 0 Å². The van der Waals surface area contributed by atoms with Crippen LogP contribution in [0.5, 0.6) is 0 Å². The molecule has 1 aromatic rings. The van der Waals surface area contributed by atoms with Crippen molar-refractivity contribution >= 4 is 25.8 Å². The van der Waals surface area contributed by atoms with Gasteiger partial charge >= 0.3 is 0 Å². The number of hydrogen-bond acceptors (Lipinski definition) is 3. The van der Waals surface area contributed by atoms with E-state index in [9.17, 15) is 8.42 Å². The van der Waals surface area contributed by atoms with Crippen LogP contribution in [0, 0.1) is 0 Å². The summed E-state index contributed by atoms with van der Waals surface area (Å²) in [5.74, 6) is 0. The zero-order valence-electron chi connectivity index (χ0n) is 8.98. The second-order valence-corrected chi connectivity index (χ2v) is 7.13. The molecule has 2 atom stereocenters. The van der Waals surface area contributed by atoms with E-state index in [2.05, 4.69) is 15.9 Å². The Hall–Kier alpha value is -0.390. The van der Waals surface area contributed by atoms with Gasteiger partial charge in [-0.2, -0.15) is 0 Å². The quantitative estimate of drug-likeness (QED) is 0.912. The Morgan fingerprint density at radius 2 is 2.12 bits per heavy atom. The lowest BCUT2D eigenvalue weighted by atomic mass is 10.0. The molecule has 0 saturated heterocycles. The maximum atomic E-state index is 12.2. The summed E-state index contributed by atoms with van der Waals surface area (Å²) < 4.78 is 25.3. The van der Waals surface area contributed by atoms with E-state index in [1.54, 1.807) is 12.1 Å². The van der Waals surface area contributed by atoms with Gasteiger partial charge in [0.05, 0.1) is 10.1 Å². The van der Waals surface area contributed by atoms with Crippen LogP contribution >= 0.6 is 15.9 Å². The molecule has 0 bridgehead atoms. The van der Waals surface area contributed by atoms with E-state index in [1.165, 1.54) is 0 Å². The van der Waals surface area contributed by atoms with Gasteiger partial charge in [-0.15, -0.1) is 0 Å². The normalized spacial score (nSPS) is 26.7. The number of benzene rings is 1. The lowest BCUT2D eigenvalue weighted by Gasteiger charge is -2.13. The summed E-state index contributed by atoms with van der Waals surface area (Å²) >= 11 is 3.34. The van der Waals surface area contributed by atoms with Gasteiger partial charge < -0.3 is 5.73 Å². The lowest BCUT2D eigenvalue weighted by Crippen LogP contribution is -2.26. The molecule has 1 aliphatic heterocycles. The fourth-order valence-corrected chi connectivity index (χ4v) is 4.78. The average molecular weight is 304 g/mol. The van der Waals surface area contributed by atoms with Crippen molar-refractivity contribution in [1.82, 2.24) is 0 Å². The minimum absolute atomic E-state index is 0.391. The standard InChI is InChI=1S/C11H14BrNO2S/c1-2-3-10-11(13)8-6-7(12)4-5-9(8)16(10,14)15/h4-6,10-11H,2-3,13H2,1H3. The van der Waals surface area contributed by atoms with Gasteiger partial charge in [0, 0.05) is 10.5 Å². The van der Waals surface area contributed by atoms with Crippen LogP contribution in [0.1, 0.15) is 31.4 Å². The van der Waals surface area contributed by atoms with Crippen LogP contribution in [-0.2, 0) is 9.84 Å². The zero-order chi connectivity index (χ0) is 11.9. The molecular formula is C11H14BrNO2S. The Morgan fingerprint density at radius 1 is 1.44 bits per heavy atom. The third-order valence-electron chi connectivity index (χ3n) is 3.01. The predicted octanol–water partition coefficient (Wildman–Crippen LogP) is 2.40. The second kappa shape index (κ2) is 4.13. The first-order valence-corrected chi connectivity index (χ1v) is 7.61. The largest absolute Gasteiger partial charge is 0.323 e. The molecule has 2 rings (SSSR count). The molecule has 16 heavy (non-hydrogen) atoms. The van der Waals surface area contributed by atoms with Crippen molar-refractivity contribution in [3.63, 3.8) is 0 Å². The van der Waals surface area contributed by atoms with Crippen molar-refractivity contribution in [2.75, 3.05) is 0 Å². The molecular weight excluding hydrogens is 290 g/mol. The molecule has 5 heteroatoms.